The number of benzene rings is 2. The molecule has 0 aliphatic carbocycles. The van der Waals surface area contributed by atoms with E-state index in [-0.39, 0.29) is 0 Å². The van der Waals surface area contributed by atoms with Crippen LogP contribution < -0.4 is 10.1 Å². The largest absolute Gasteiger partial charge is 0.496 e. The molecule has 0 radical (unpaired) electrons. The Morgan fingerprint density at radius 1 is 1.12 bits per heavy atom. The average molecular weight is 368 g/mol. The summed E-state index contributed by atoms with van der Waals surface area (Å²) in [5.74, 6) is 2.01. The van der Waals surface area contributed by atoms with E-state index in [4.69, 9.17) is 21.4 Å². The van der Waals surface area contributed by atoms with Gasteiger partial charge in [-0.05, 0) is 49.6 Å². The number of halogens is 1. The van der Waals surface area contributed by atoms with Crippen LogP contribution in [-0.2, 0) is 12.8 Å². The molecule has 4 nitrogen and oxygen atoms in total. The zero-order valence-corrected chi connectivity index (χ0v) is 15.6. The number of hydrogen-bond donors (Lipinski definition) is 1. The fraction of sp³-hybridized carbons (Fsp3) is 0.286. The Labute approximate surface area is 158 Å². The number of methoxy groups -OCH3 is 1. The van der Waals surface area contributed by atoms with Gasteiger partial charge in [0.2, 0.25) is 0 Å². The SMILES string of the molecule is COc1ccccc1Cc1nn(-c2ccc(Cl)cc2)c2c1CCCCN2. The highest BCUT2D eigenvalue weighted by Gasteiger charge is 2.21. The van der Waals surface area contributed by atoms with Crippen molar-refractivity contribution < 1.29 is 4.74 Å². The fourth-order valence-corrected chi connectivity index (χ4v) is 3.64. The molecule has 2 aromatic carbocycles. The monoisotopic (exact) mass is 367 g/mol. The normalized spacial score (nSPS) is 13.6. The Hall–Kier alpha value is -2.46. The Kier molecular flexibility index (Phi) is 4.85. The van der Waals surface area contributed by atoms with Crippen LogP contribution in [-0.4, -0.2) is 23.4 Å². The zero-order chi connectivity index (χ0) is 17.9. The molecule has 1 aromatic heterocycles. The van der Waals surface area contributed by atoms with Crippen molar-refractivity contribution in [2.45, 2.75) is 25.7 Å². The molecular formula is C21H22ClN3O. The minimum absolute atomic E-state index is 0.731. The summed E-state index contributed by atoms with van der Waals surface area (Å²) in [4.78, 5) is 0. The van der Waals surface area contributed by atoms with Crippen molar-refractivity contribution in [2.75, 3.05) is 19.0 Å². The van der Waals surface area contributed by atoms with E-state index in [1.54, 1.807) is 7.11 Å². The van der Waals surface area contributed by atoms with Crippen molar-refractivity contribution in [3.63, 3.8) is 0 Å². The zero-order valence-electron chi connectivity index (χ0n) is 14.8. The van der Waals surface area contributed by atoms with Crippen molar-refractivity contribution >= 4 is 17.4 Å². The third-order valence-corrected chi connectivity index (χ3v) is 5.09. The molecule has 0 saturated heterocycles. The summed E-state index contributed by atoms with van der Waals surface area (Å²) in [6.45, 7) is 0.973. The lowest BCUT2D eigenvalue weighted by atomic mass is 10.0. The Bertz CT molecular complexity index is 902. The molecule has 0 amide bonds. The first kappa shape index (κ1) is 17.0. The van der Waals surface area contributed by atoms with Crippen LogP contribution in [0.1, 0.15) is 29.7 Å². The summed E-state index contributed by atoms with van der Waals surface area (Å²) in [5, 5.41) is 9.27. The molecule has 0 spiro atoms. The third-order valence-electron chi connectivity index (χ3n) is 4.83. The predicted octanol–water partition coefficient (Wildman–Crippen LogP) is 4.87. The molecule has 2 heterocycles. The number of nitrogens with zero attached hydrogens (tertiary/aromatic N) is 2. The lowest BCUT2D eigenvalue weighted by Crippen LogP contribution is -2.07. The first-order chi connectivity index (χ1) is 12.8. The van der Waals surface area contributed by atoms with Gasteiger partial charge < -0.3 is 10.1 Å². The maximum Gasteiger partial charge on any atom is 0.133 e. The van der Waals surface area contributed by atoms with Crippen LogP contribution in [0.2, 0.25) is 5.02 Å². The molecule has 26 heavy (non-hydrogen) atoms. The third kappa shape index (κ3) is 3.29. The molecule has 1 N–H and O–H groups in total. The van der Waals surface area contributed by atoms with Crippen LogP contribution in [0, 0.1) is 0 Å². The average Bonchev–Trinajstić information content (AvgIpc) is 2.84. The number of ether oxygens (including phenoxy) is 1. The topological polar surface area (TPSA) is 39.1 Å². The first-order valence-corrected chi connectivity index (χ1v) is 9.36. The number of fused-ring (bicyclic) bond motifs is 1. The Balaban J connectivity index is 1.78. The van der Waals surface area contributed by atoms with Gasteiger partial charge in [0, 0.05) is 29.1 Å². The Morgan fingerprint density at radius 2 is 1.92 bits per heavy atom. The standard InChI is InChI=1S/C21H22ClN3O/c1-26-20-8-3-2-6-15(20)14-19-18-7-4-5-13-23-21(18)25(24-19)17-11-9-16(22)10-12-17/h2-3,6,8-12,23H,4-5,7,13-14H2,1H3. The summed E-state index contributed by atoms with van der Waals surface area (Å²) >= 11 is 6.06. The van der Waals surface area contributed by atoms with E-state index in [1.165, 1.54) is 18.4 Å². The summed E-state index contributed by atoms with van der Waals surface area (Å²) in [5.41, 5.74) is 4.59. The van der Waals surface area contributed by atoms with Crippen LogP contribution in [0.3, 0.4) is 0 Å². The molecule has 0 unspecified atom stereocenters. The maximum absolute atomic E-state index is 6.06. The van der Waals surface area contributed by atoms with E-state index in [9.17, 15) is 0 Å². The highest BCUT2D eigenvalue weighted by Crippen LogP contribution is 2.31. The van der Waals surface area contributed by atoms with Gasteiger partial charge in [0.05, 0.1) is 18.5 Å². The number of para-hydroxylation sites is 1. The van der Waals surface area contributed by atoms with Crippen LogP contribution in [0.5, 0.6) is 5.75 Å². The molecule has 0 bridgehead atoms. The molecule has 1 aliphatic heterocycles. The lowest BCUT2D eigenvalue weighted by Gasteiger charge is -2.09. The van der Waals surface area contributed by atoms with E-state index in [0.29, 0.717) is 0 Å². The van der Waals surface area contributed by atoms with Crippen LogP contribution in [0.25, 0.3) is 5.69 Å². The summed E-state index contributed by atoms with van der Waals surface area (Å²) in [6.07, 6.45) is 4.14. The highest BCUT2D eigenvalue weighted by atomic mass is 35.5. The molecule has 5 heteroatoms. The predicted molar refractivity (Wildman–Crippen MR) is 106 cm³/mol. The molecule has 134 valence electrons. The highest BCUT2D eigenvalue weighted by molar-refractivity contribution is 6.30. The maximum atomic E-state index is 6.06. The van der Waals surface area contributed by atoms with Gasteiger partial charge in [-0.2, -0.15) is 5.10 Å². The van der Waals surface area contributed by atoms with Gasteiger partial charge in [-0.1, -0.05) is 29.8 Å². The lowest BCUT2D eigenvalue weighted by molar-refractivity contribution is 0.410. The van der Waals surface area contributed by atoms with Crippen molar-refractivity contribution in [1.82, 2.24) is 9.78 Å². The summed E-state index contributed by atoms with van der Waals surface area (Å²) in [6, 6.07) is 16.0. The molecular weight excluding hydrogens is 346 g/mol. The summed E-state index contributed by atoms with van der Waals surface area (Å²) in [7, 11) is 1.72. The van der Waals surface area contributed by atoms with Crippen molar-refractivity contribution in [2.24, 2.45) is 0 Å². The van der Waals surface area contributed by atoms with E-state index in [2.05, 4.69) is 11.4 Å². The van der Waals surface area contributed by atoms with Crippen LogP contribution >= 0.6 is 11.6 Å². The van der Waals surface area contributed by atoms with Gasteiger partial charge >= 0.3 is 0 Å². The van der Waals surface area contributed by atoms with Crippen molar-refractivity contribution in [3.05, 3.63) is 70.4 Å². The van der Waals surface area contributed by atoms with Crippen LogP contribution in [0.4, 0.5) is 5.82 Å². The molecule has 0 saturated carbocycles. The van der Waals surface area contributed by atoms with Gasteiger partial charge in [-0.25, -0.2) is 4.68 Å². The molecule has 3 aromatic rings. The first-order valence-electron chi connectivity index (χ1n) is 8.99. The van der Waals surface area contributed by atoms with E-state index in [1.807, 2.05) is 47.1 Å². The second-order valence-electron chi connectivity index (χ2n) is 6.53. The number of aromatic nitrogens is 2. The van der Waals surface area contributed by atoms with E-state index < -0.39 is 0 Å². The van der Waals surface area contributed by atoms with Gasteiger partial charge in [-0.15, -0.1) is 0 Å². The van der Waals surface area contributed by atoms with Gasteiger partial charge in [0.25, 0.3) is 0 Å². The number of nitrogens with one attached hydrogen (secondary N) is 1. The second kappa shape index (κ2) is 7.42. The quantitative estimate of drug-likeness (QED) is 0.714. The fourth-order valence-electron chi connectivity index (χ4n) is 3.51. The molecule has 0 fully saturated rings. The smallest absolute Gasteiger partial charge is 0.133 e. The number of hydrogen-bond acceptors (Lipinski definition) is 3. The van der Waals surface area contributed by atoms with Gasteiger partial charge in [0.15, 0.2) is 0 Å². The van der Waals surface area contributed by atoms with Gasteiger partial charge in [-0.3, -0.25) is 0 Å². The second-order valence-corrected chi connectivity index (χ2v) is 6.97. The van der Waals surface area contributed by atoms with E-state index >= 15 is 0 Å². The molecule has 1 aliphatic rings. The summed E-state index contributed by atoms with van der Waals surface area (Å²) < 4.78 is 7.54. The van der Waals surface area contributed by atoms with E-state index in [0.717, 1.165) is 52.9 Å². The minimum atomic E-state index is 0.731. The molecule has 4 rings (SSSR count). The molecule has 0 atom stereocenters. The van der Waals surface area contributed by atoms with Crippen molar-refractivity contribution in [3.8, 4) is 11.4 Å². The minimum Gasteiger partial charge on any atom is -0.496 e. The van der Waals surface area contributed by atoms with Gasteiger partial charge in [0.1, 0.15) is 11.6 Å². The number of rotatable bonds is 4. The Morgan fingerprint density at radius 3 is 2.73 bits per heavy atom. The number of anilines is 1. The van der Waals surface area contributed by atoms with Crippen LogP contribution in [0.15, 0.2) is 48.5 Å². The van der Waals surface area contributed by atoms with Crippen molar-refractivity contribution in [1.29, 1.82) is 0 Å².